The Labute approximate surface area is 236 Å². The number of amides is 1. The van der Waals surface area contributed by atoms with Gasteiger partial charge < -0.3 is 20.4 Å². The SMILES string of the molecule is Cc1cnc(Nc2cc(C)n(C)n2)nc1-c1c[nH]c2c(NC(=O)CN3CC[C@H](Oc4ccsc4C)C3)cccc12. The van der Waals surface area contributed by atoms with Crippen molar-refractivity contribution in [1.29, 1.82) is 0 Å². The second-order valence-electron chi connectivity index (χ2n) is 10.2. The van der Waals surface area contributed by atoms with Gasteiger partial charge in [0.15, 0.2) is 5.82 Å². The summed E-state index contributed by atoms with van der Waals surface area (Å²) >= 11 is 1.69. The van der Waals surface area contributed by atoms with E-state index in [0.29, 0.717) is 18.3 Å². The standard InChI is InChI=1S/C29H32N8O2S/c1-17-13-31-29(33-25-12-18(2)36(4)35-25)34-27(17)22-14-30-28-21(22)6-5-7-23(28)32-26(38)16-37-10-8-20(15-37)39-24-9-11-40-19(24)3/h5-7,9,11-14,20,30H,8,10,15-16H2,1-4H3,(H,32,38)(H,31,33,34,35)/t20-/m0/s1. The molecule has 0 radical (unpaired) electrons. The van der Waals surface area contributed by atoms with E-state index in [-0.39, 0.29) is 12.0 Å². The van der Waals surface area contributed by atoms with Crippen molar-refractivity contribution >= 4 is 45.6 Å². The molecular weight excluding hydrogens is 524 g/mol. The Morgan fingerprint density at radius 3 is 2.90 bits per heavy atom. The van der Waals surface area contributed by atoms with E-state index in [1.165, 1.54) is 4.88 Å². The zero-order valence-corrected chi connectivity index (χ0v) is 23.8. The lowest BCUT2D eigenvalue weighted by Crippen LogP contribution is -2.33. The molecule has 6 rings (SSSR count). The largest absolute Gasteiger partial charge is 0.488 e. The zero-order chi connectivity index (χ0) is 27.8. The van der Waals surface area contributed by atoms with Gasteiger partial charge in [0.25, 0.3) is 0 Å². The van der Waals surface area contributed by atoms with Gasteiger partial charge in [0.1, 0.15) is 11.9 Å². The third-order valence-electron chi connectivity index (χ3n) is 7.27. The Kier molecular flexibility index (Phi) is 6.99. The first-order valence-corrected chi connectivity index (χ1v) is 14.2. The molecule has 10 nitrogen and oxygen atoms in total. The Balaban J connectivity index is 1.15. The van der Waals surface area contributed by atoms with Crippen molar-refractivity contribution in [3.63, 3.8) is 0 Å². The Hall–Kier alpha value is -4.22. The average Bonchev–Trinajstić information content (AvgIpc) is 3.71. The fourth-order valence-corrected chi connectivity index (χ4v) is 5.70. The molecule has 1 aromatic carbocycles. The number of ether oxygens (including phenoxy) is 1. The average molecular weight is 557 g/mol. The molecule has 0 spiro atoms. The van der Waals surface area contributed by atoms with Gasteiger partial charge in [-0.15, -0.1) is 11.3 Å². The molecule has 0 saturated carbocycles. The molecule has 5 heterocycles. The van der Waals surface area contributed by atoms with Crippen LogP contribution in [0.3, 0.4) is 0 Å². The van der Waals surface area contributed by atoms with Crippen LogP contribution in [-0.4, -0.2) is 61.3 Å². The molecular formula is C29H32N8O2S. The van der Waals surface area contributed by atoms with E-state index in [4.69, 9.17) is 9.72 Å². The van der Waals surface area contributed by atoms with Crippen molar-refractivity contribution in [2.75, 3.05) is 30.3 Å². The highest BCUT2D eigenvalue weighted by Gasteiger charge is 2.26. The minimum atomic E-state index is -0.0497. The first kappa shape index (κ1) is 26.0. The Bertz CT molecular complexity index is 1670. The zero-order valence-electron chi connectivity index (χ0n) is 23.0. The van der Waals surface area contributed by atoms with Gasteiger partial charge in [-0.05, 0) is 50.3 Å². The number of thiophene rings is 1. The number of likely N-dealkylation sites (tertiary alicyclic amines) is 1. The summed E-state index contributed by atoms with van der Waals surface area (Å²) in [5, 5.41) is 13.8. The molecule has 206 valence electrons. The Morgan fingerprint density at radius 1 is 1.25 bits per heavy atom. The molecule has 1 atom stereocenters. The number of benzene rings is 1. The molecule has 1 amide bonds. The summed E-state index contributed by atoms with van der Waals surface area (Å²) in [4.78, 5) is 29.0. The molecule has 1 saturated heterocycles. The van der Waals surface area contributed by atoms with Gasteiger partial charge in [0, 0.05) is 60.1 Å². The third-order valence-corrected chi connectivity index (χ3v) is 8.10. The second-order valence-corrected chi connectivity index (χ2v) is 11.3. The molecule has 40 heavy (non-hydrogen) atoms. The van der Waals surface area contributed by atoms with Crippen LogP contribution in [0.4, 0.5) is 17.5 Å². The maximum absolute atomic E-state index is 13.0. The van der Waals surface area contributed by atoms with Crippen LogP contribution in [0.5, 0.6) is 5.75 Å². The van der Waals surface area contributed by atoms with E-state index >= 15 is 0 Å². The number of nitrogens with one attached hydrogen (secondary N) is 3. The van der Waals surface area contributed by atoms with E-state index in [1.807, 2.05) is 62.8 Å². The van der Waals surface area contributed by atoms with Crippen LogP contribution in [0.15, 0.2) is 48.1 Å². The highest BCUT2D eigenvalue weighted by atomic mass is 32.1. The number of hydrogen-bond acceptors (Lipinski definition) is 8. The van der Waals surface area contributed by atoms with Crippen LogP contribution in [0.2, 0.25) is 0 Å². The summed E-state index contributed by atoms with van der Waals surface area (Å²) in [6.45, 7) is 7.93. The maximum atomic E-state index is 13.0. The molecule has 0 unspecified atom stereocenters. The van der Waals surface area contributed by atoms with Crippen molar-refractivity contribution in [1.82, 2.24) is 29.6 Å². The lowest BCUT2D eigenvalue weighted by atomic mass is 10.1. The van der Waals surface area contributed by atoms with E-state index in [9.17, 15) is 4.79 Å². The van der Waals surface area contributed by atoms with Crippen molar-refractivity contribution in [2.45, 2.75) is 33.3 Å². The van der Waals surface area contributed by atoms with Crippen LogP contribution in [0, 0.1) is 20.8 Å². The molecule has 1 aliphatic heterocycles. The summed E-state index contributed by atoms with van der Waals surface area (Å²) in [6.07, 6.45) is 4.75. The molecule has 1 fully saturated rings. The minimum absolute atomic E-state index is 0.0497. The number of H-pyrrole nitrogens is 1. The minimum Gasteiger partial charge on any atom is -0.488 e. The van der Waals surface area contributed by atoms with Gasteiger partial charge >= 0.3 is 0 Å². The van der Waals surface area contributed by atoms with Gasteiger partial charge in [-0.1, -0.05) is 12.1 Å². The summed E-state index contributed by atoms with van der Waals surface area (Å²) in [5.74, 6) is 2.06. The van der Waals surface area contributed by atoms with E-state index in [0.717, 1.165) is 64.4 Å². The number of aromatic nitrogens is 5. The van der Waals surface area contributed by atoms with Crippen molar-refractivity contribution in [2.24, 2.45) is 7.05 Å². The number of carbonyl (C=O) groups excluding carboxylic acids is 1. The summed E-state index contributed by atoms with van der Waals surface area (Å²) in [6, 6.07) is 9.86. The molecule has 1 aliphatic rings. The molecule has 0 bridgehead atoms. The number of rotatable bonds is 8. The molecule has 0 aliphatic carbocycles. The number of aromatic amines is 1. The highest BCUT2D eigenvalue weighted by molar-refractivity contribution is 7.10. The highest BCUT2D eigenvalue weighted by Crippen LogP contribution is 2.33. The summed E-state index contributed by atoms with van der Waals surface area (Å²) < 4.78 is 7.95. The monoisotopic (exact) mass is 556 g/mol. The first-order valence-electron chi connectivity index (χ1n) is 13.3. The second kappa shape index (κ2) is 10.7. The Morgan fingerprint density at radius 2 is 2.12 bits per heavy atom. The molecule has 11 heteroatoms. The quantitative estimate of drug-likeness (QED) is 0.241. The number of aryl methyl sites for hydroxylation is 4. The van der Waals surface area contributed by atoms with E-state index < -0.39 is 0 Å². The number of nitrogens with zero attached hydrogens (tertiary/aromatic N) is 5. The van der Waals surface area contributed by atoms with Gasteiger partial charge in [-0.3, -0.25) is 14.4 Å². The fraction of sp³-hybridized carbons (Fsp3) is 0.310. The maximum Gasteiger partial charge on any atom is 0.238 e. The summed E-state index contributed by atoms with van der Waals surface area (Å²) in [5.41, 5.74) is 5.32. The van der Waals surface area contributed by atoms with Crippen molar-refractivity contribution in [3.8, 4) is 17.0 Å². The number of fused-ring (bicyclic) bond motifs is 1. The van der Waals surface area contributed by atoms with Gasteiger partial charge in [-0.25, -0.2) is 9.97 Å². The fourth-order valence-electron chi connectivity index (χ4n) is 5.07. The predicted molar refractivity (Wildman–Crippen MR) is 158 cm³/mol. The van der Waals surface area contributed by atoms with Crippen LogP contribution < -0.4 is 15.4 Å². The van der Waals surface area contributed by atoms with Gasteiger partial charge in [0.05, 0.1) is 23.4 Å². The third kappa shape index (κ3) is 5.30. The van der Waals surface area contributed by atoms with Crippen molar-refractivity contribution in [3.05, 3.63) is 64.2 Å². The number of hydrogen-bond donors (Lipinski definition) is 3. The lowest BCUT2D eigenvalue weighted by molar-refractivity contribution is -0.117. The topological polar surface area (TPSA) is 113 Å². The van der Waals surface area contributed by atoms with Crippen LogP contribution >= 0.6 is 11.3 Å². The number of para-hydroxylation sites is 1. The van der Waals surface area contributed by atoms with E-state index in [2.05, 4.69) is 37.5 Å². The number of carbonyl (C=O) groups is 1. The van der Waals surface area contributed by atoms with Crippen LogP contribution in [0.1, 0.15) is 22.6 Å². The van der Waals surface area contributed by atoms with Crippen LogP contribution in [-0.2, 0) is 11.8 Å². The predicted octanol–water partition coefficient (Wildman–Crippen LogP) is 5.18. The van der Waals surface area contributed by atoms with Gasteiger partial charge in [0.2, 0.25) is 11.9 Å². The molecule has 4 aromatic heterocycles. The summed E-state index contributed by atoms with van der Waals surface area (Å²) in [7, 11) is 1.90. The van der Waals surface area contributed by atoms with Crippen LogP contribution in [0.25, 0.3) is 22.2 Å². The van der Waals surface area contributed by atoms with Gasteiger partial charge in [-0.2, -0.15) is 5.10 Å². The lowest BCUT2D eigenvalue weighted by Gasteiger charge is -2.17. The van der Waals surface area contributed by atoms with Crippen molar-refractivity contribution < 1.29 is 9.53 Å². The molecule has 3 N–H and O–H groups in total. The number of anilines is 3. The first-order chi connectivity index (χ1) is 19.3. The smallest absolute Gasteiger partial charge is 0.238 e. The molecule has 5 aromatic rings. The van der Waals surface area contributed by atoms with E-state index in [1.54, 1.807) is 22.2 Å². The normalized spacial score (nSPS) is 15.6.